The van der Waals surface area contributed by atoms with Gasteiger partial charge in [0.15, 0.2) is 0 Å². The lowest BCUT2D eigenvalue weighted by Crippen LogP contribution is -2.34. The quantitative estimate of drug-likeness (QED) is 0.652. The highest BCUT2D eigenvalue weighted by molar-refractivity contribution is 5.83. The number of carbonyl (C=O) groups is 2. The molecule has 0 saturated heterocycles. The first kappa shape index (κ1) is 15.9. The van der Waals surface area contributed by atoms with Gasteiger partial charge in [-0.25, -0.2) is 0 Å². The van der Waals surface area contributed by atoms with Crippen molar-refractivity contribution in [2.75, 3.05) is 26.2 Å². The summed E-state index contributed by atoms with van der Waals surface area (Å²) in [4.78, 5) is 27.1. The van der Waals surface area contributed by atoms with E-state index < -0.39 is 0 Å². The number of carbonyl (C=O) groups excluding carboxylic acids is 2. The third-order valence-corrected chi connectivity index (χ3v) is 2.90. The van der Waals surface area contributed by atoms with Crippen molar-refractivity contribution in [3.05, 3.63) is 0 Å². The number of amides is 2. The zero-order valence-electron chi connectivity index (χ0n) is 11.7. The highest BCUT2D eigenvalue weighted by atomic mass is 16.2. The second kappa shape index (κ2) is 9.02. The highest BCUT2D eigenvalue weighted by Gasteiger charge is 2.15. The largest absolute Gasteiger partial charge is 0.343 e. The summed E-state index contributed by atoms with van der Waals surface area (Å²) in [5.41, 5.74) is 0. The summed E-state index contributed by atoms with van der Waals surface area (Å²) in [6.07, 6.45) is 1.63. The molecule has 0 aliphatic rings. The molecule has 100 valence electrons. The molecule has 0 aliphatic carbocycles. The first-order chi connectivity index (χ1) is 8.10. The fourth-order valence-corrected chi connectivity index (χ4v) is 1.84. The third kappa shape index (κ3) is 5.71. The molecule has 0 fully saturated rings. The molecule has 0 spiro atoms. The fourth-order valence-electron chi connectivity index (χ4n) is 1.84. The van der Waals surface area contributed by atoms with Gasteiger partial charge >= 0.3 is 0 Å². The van der Waals surface area contributed by atoms with Gasteiger partial charge in [0, 0.05) is 39.0 Å². The zero-order chi connectivity index (χ0) is 13.3. The van der Waals surface area contributed by atoms with Crippen LogP contribution in [0.5, 0.6) is 0 Å². The Morgan fingerprint density at radius 1 is 0.765 bits per heavy atom. The average molecular weight is 242 g/mol. The van der Waals surface area contributed by atoms with Gasteiger partial charge in [0.05, 0.1) is 0 Å². The van der Waals surface area contributed by atoms with Crippen molar-refractivity contribution in [3.8, 4) is 0 Å². The van der Waals surface area contributed by atoms with E-state index in [2.05, 4.69) is 6.92 Å². The molecule has 4 heteroatoms. The van der Waals surface area contributed by atoms with Gasteiger partial charge in [-0.05, 0) is 27.2 Å². The molecule has 2 amide bonds. The maximum Gasteiger partial charge on any atom is 0.223 e. The maximum absolute atomic E-state index is 11.8. The SMILES string of the molecule is CCCN(CC)C(=O)CCC(=O)N(CC)CC. The van der Waals surface area contributed by atoms with Gasteiger partial charge in [-0.15, -0.1) is 0 Å². The average Bonchev–Trinajstić information content (AvgIpc) is 2.34. The summed E-state index contributed by atoms with van der Waals surface area (Å²) in [7, 11) is 0. The van der Waals surface area contributed by atoms with E-state index in [1.165, 1.54) is 0 Å². The summed E-state index contributed by atoms with van der Waals surface area (Å²) in [5.74, 6) is 0.172. The van der Waals surface area contributed by atoms with E-state index in [0.717, 1.165) is 32.6 Å². The molecular weight excluding hydrogens is 216 g/mol. The lowest BCUT2D eigenvalue weighted by atomic mass is 10.2. The minimum Gasteiger partial charge on any atom is -0.343 e. The molecule has 17 heavy (non-hydrogen) atoms. The van der Waals surface area contributed by atoms with Crippen molar-refractivity contribution in [2.45, 2.75) is 47.0 Å². The van der Waals surface area contributed by atoms with Crippen LogP contribution in [0.15, 0.2) is 0 Å². The number of nitrogens with zero attached hydrogens (tertiary/aromatic N) is 2. The lowest BCUT2D eigenvalue weighted by molar-refractivity contribution is -0.136. The second-order valence-electron chi connectivity index (χ2n) is 4.04. The predicted molar refractivity (Wildman–Crippen MR) is 69.7 cm³/mol. The Morgan fingerprint density at radius 3 is 1.53 bits per heavy atom. The maximum atomic E-state index is 11.8. The summed E-state index contributed by atoms with van der Waals surface area (Å²) in [5, 5.41) is 0. The Kier molecular flexibility index (Phi) is 8.46. The van der Waals surface area contributed by atoms with Crippen LogP contribution in [0.4, 0.5) is 0 Å². The zero-order valence-corrected chi connectivity index (χ0v) is 11.7. The van der Waals surface area contributed by atoms with Crippen molar-refractivity contribution >= 4 is 11.8 Å². The Balaban J connectivity index is 4.09. The van der Waals surface area contributed by atoms with Gasteiger partial charge in [0.25, 0.3) is 0 Å². The summed E-state index contributed by atoms with van der Waals surface area (Å²) < 4.78 is 0. The predicted octanol–water partition coefficient (Wildman–Crippen LogP) is 1.89. The minimum atomic E-state index is 0.0795. The molecule has 0 radical (unpaired) electrons. The van der Waals surface area contributed by atoms with Crippen LogP contribution in [0.2, 0.25) is 0 Å². The van der Waals surface area contributed by atoms with E-state index in [9.17, 15) is 9.59 Å². The Labute approximate surface area is 105 Å². The van der Waals surface area contributed by atoms with Gasteiger partial charge in [-0.2, -0.15) is 0 Å². The Bertz CT molecular complexity index is 238. The van der Waals surface area contributed by atoms with E-state index in [4.69, 9.17) is 0 Å². The molecule has 0 rings (SSSR count). The summed E-state index contributed by atoms with van der Waals surface area (Å²) in [6.45, 7) is 10.9. The molecule has 0 atom stereocenters. The third-order valence-electron chi connectivity index (χ3n) is 2.90. The normalized spacial score (nSPS) is 10.1. The molecule has 0 aliphatic heterocycles. The van der Waals surface area contributed by atoms with Crippen LogP contribution in [0, 0.1) is 0 Å². The monoisotopic (exact) mass is 242 g/mol. The van der Waals surface area contributed by atoms with E-state index in [-0.39, 0.29) is 11.8 Å². The highest BCUT2D eigenvalue weighted by Crippen LogP contribution is 2.02. The van der Waals surface area contributed by atoms with Crippen molar-refractivity contribution in [1.82, 2.24) is 9.80 Å². The van der Waals surface area contributed by atoms with E-state index >= 15 is 0 Å². The van der Waals surface area contributed by atoms with Crippen molar-refractivity contribution in [3.63, 3.8) is 0 Å². The van der Waals surface area contributed by atoms with E-state index in [0.29, 0.717) is 12.8 Å². The van der Waals surface area contributed by atoms with Crippen LogP contribution < -0.4 is 0 Å². The number of hydrogen-bond donors (Lipinski definition) is 0. The van der Waals surface area contributed by atoms with Gasteiger partial charge in [-0.3, -0.25) is 9.59 Å². The molecule has 0 aromatic heterocycles. The van der Waals surface area contributed by atoms with E-state index in [1.54, 1.807) is 4.90 Å². The van der Waals surface area contributed by atoms with E-state index in [1.807, 2.05) is 25.7 Å². The van der Waals surface area contributed by atoms with Crippen molar-refractivity contribution < 1.29 is 9.59 Å². The number of rotatable bonds is 8. The van der Waals surface area contributed by atoms with Gasteiger partial charge in [0.1, 0.15) is 0 Å². The fraction of sp³-hybridized carbons (Fsp3) is 0.846. The van der Waals surface area contributed by atoms with Crippen molar-refractivity contribution in [2.24, 2.45) is 0 Å². The topological polar surface area (TPSA) is 40.6 Å². The first-order valence-corrected chi connectivity index (χ1v) is 6.66. The molecule has 4 nitrogen and oxygen atoms in total. The molecule has 0 aromatic carbocycles. The molecule has 0 saturated carbocycles. The van der Waals surface area contributed by atoms with Crippen LogP contribution in [-0.4, -0.2) is 47.8 Å². The van der Waals surface area contributed by atoms with Gasteiger partial charge in [-0.1, -0.05) is 6.92 Å². The smallest absolute Gasteiger partial charge is 0.223 e. The summed E-state index contributed by atoms with van der Waals surface area (Å²) in [6, 6.07) is 0. The molecule has 0 N–H and O–H groups in total. The van der Waals surface area contributed by atoms with Crippen LogP contribution in [0.1, 0.15) is 47.0 Å². The minimum absolute atomic E-state index is 0.0795. The molecular formula is C13H26N2O2. The van der Waals surface area contributed by atoms with Crippen LogP contribution >= 0.6 is 0 Å². The molecule has 0 heterocycles. The Hall–Kier alpha value is -1.06. The van der Waals surface area contributed by atoms with Crippen LogP contribution in [0.25, 0.3) is 0 Å². The Morgan fingerprint density at radius 2 is 1.18 bits per heavy atom. The first-order valence-electron chi connectivity index (χ1n) is 6.66. The second-order valence-corrected chi connectivity index (χ2v) is 4.04. The standard InChI is InChI=1S/C13H26N2O2/c1-5-11-15(8-4)13(17)10-9-12(16)14(6-2)7-3/h5-11H2,1-4H3. The van der Waals surface area contributed by atoms with Crippen molar-refractivity contribution in [1.29, 1.82) is 0 Å². The van der Waals surface area contributed by atoms with Gasteiger partial charge in [0.2, 0.25) is 11.8 Å². The molecule has 0 bridgehead atoms. The number of hydrogen-bond acceptors (Lipinski definition) is 2. The van der Waals surface area contributed by atoms with Crippen LogP contribution in [0.3, 0.4) is 0 Å². The van der Waals surface area contributed by atoms with Crippen LogP contribution in [-0.2, 0) is 9.59 Å². The van der Waals surface area contributed by atoms with Gasteiger partial charge < -0.3 is 9.80 Å². The summed E-state index contributed by atoms with van der Waals surface area (Å²) >= 11 is 0. The lowest BCUT2D eigenvalue weighted by Gasteiger charge is -2.22. The molecule has 0 unspecified atom stereocenters. The molecule has 0 aromatic rings.